The zero-order valence-corrected chi connectivity index (χ0v) is 10.2. The van der Waals surface area contributed by atoms with E-state index in [1.807, 2.05) is 0 Å². The van der Waals surface area contributed by atoms with E-state index < -0.39 is 0 Å². The first-order chi connectivity index (χ1) is 7.69. The third-order valence-corrected chi connectivity index (χ3v) is 2.88. The summed E-state index contributed by atoms with van der Waals surface area (Å²) in [4.78, 5) is 12.0. The second-order valence-electron chi connectivity index (χ2n) is 3.89. The first kappa shape index (κ1) is 13.2. The van der Waals surface area contributed by atoms with Crippen molar-refractivity contribution in [2.75, 3.05) is 6.61 Å². The number of ketones is 1. The van der Waals surface area contributed by atoms with Crippen LogP contribution in [0.25, 0.3) is 0 Å². The summed E-state index contributed by atoms with van der Waals surface area (Å²) in [6.07, 6.45) is 2.74. The van der Waals surface area contributed by atoms with Gasteiger partial charge < -0.3 is 5.11 Å². The predicted octanol–water partition coefficient (Wildman–Crippen LogP) is 3.32. The number of unbranched alkanes of at least 4 members (excludes halogenated alkanes) is 1. The van der Waals surface area contributed by atoms with Gasteiger partial charge in [0.05, 0.1) is 6.61 Å². The van der Waals surface area contributed by atoms with Gasteiger partial charge in [0.25, 0.3) is 0 Å². The van der Waals surface area contributed by atoms with E-state index in [0.29, 0.717) is 10.6 Å². The molecular weight excluding hydrogens is 224 g/mol. The summed E-state index contributed by atoms with van der Waals surface area (Å²) in [6, 6.07) is 6.81. The molecule has 0 amide bonds. The number of carbonyl (C=O) groups excluding carboxylic acids is 1. The van der Waals surface area contributed by atoms with E-state index in [0.717, 1.165) is 19.3 Å². The summed E-state index contributed by atoms with van der Waals surface area (Å²) < 4.78 is 0. The second kappa shape index (κ2) is 6.66. The van der Waals surface area contributed by atoms with E-state index in [-0.39, 0.29) is 18.3 Å². The van der Waals surface area contributed by atoms with Crippen LogP contribution in [0.3, 0.4) is 0 Å². The van der Waals surface area contributed by atoms with Gasteiger partial charge in [0, 0.05) is 16.5 Å². The van der Waals surface area contributed by atoms with Gasteiger partial charge in [-0.3, -0.25) is 4.79 Å². The highest BCUT2D eigenvalue weighted by atomic mass is 35.5. The van der Waals surface area contributed by atoms with Crippen molar-refractivity contribution in [2.24, 2.45) is 5.92 Å². The lowest BCUT2D eigenvalue weighted by molar-refractivity contribution is 0.0848. The number of hydrogen-bond acceptors (Lipinski definition) is 2. The highest BCUT2D eigenvalue weighted by Gasteiger charge is 2.18. The summed E-state index contributed by atoms with van der Waals surface area (Å²) >= 11 is 5.75. The van der Waals surface area contributed by atoms with Crippen LogP contribution in [-0.2, 0) is 0 Å². The maximum atomic E-state index is 12.0. The zero-order valence-electron chi connectivity index (χ0n) is 9.45. The molecule has 3 heteroatoms. The summed E-state index contributed by atoms with van der Waals surface area (Å²) in [5.41, 5.74) is 0.625. The monoisotopic (exact) mass is 240 g/mol. The predicted molar refractivity (Wildman–Crippen MR) is 65.9 cm³/mol. The minimum absolute atomic E-state index is 0.00705. The molecule has 1 unspecified atom stereocenters. The van der Waals surface area contributed by atoms with Crippen LogP contribution in [0, 0.1) is 5.92 Å². The van der Waals surface area contributed by atoms with Gasteiger partial charge in [0.15, 0.2) is 5.78 Å². The van der Waals surface area contributed by atoms with Crippen LogP contribution < -0.4 is 0 Å². The molecule has 0 bridgehead atoms. The molecule has 0 radical (unpaired) electrons. The largest absolute Gasteiger partial charge is 0.396 e. The van der Waals surface area contributed by atoms with Gasteiger partial charge in [-0.25, -0.2) is 0 Å². The van der Waals surface area contributed by atoms with Crippen molar-refractivity contribution in [1.29, 1.82) is 0 Å². The van der Waals surface area contributed by atoms with E-state index in [2.05, 4.69) is 6.92 Å². The van der Waals surface area contributed by atoms with E-state index in [4.69, 9.17) is 11.6 Å². The molecule has 0 aliphatic rings. The number of benzene rings is 1. The van der Waals surface area contributed by atoms with Crippen molar-refractivity contribution in [1.82, 2.24) is 0 Å². The molecule has 0 aliphatic carbocycles. The van der Waals surface area contributed by atoms with E-state index in [9.17, 15) is 9.90 Å². The average molecular weight is 241 g/mol. The highest BCUT2D eigenvalue weighted by molar-refractivity contribution is 6.30. The lowest BCUT2D eigenvalue weighted by Gasteiger charge is -2.12. The van der Waals surface area contributed by atoms with Gasteiger partial charge in [0.2, 0.25) is 0 Å². The Bertz CT molecular complexity index is 332. The van der Waals surface area contributed by atoms with Crippen LogP contribution in [0.4, 0.5) is 0 Å². The Labute approximate surface area is 101 Å². The Hall–Kier alpha value is -0.860. The molecule has 0 fully saturated rings. The van der Waals surface area contributed by atoms with Gasteiger partial charge in [-0.05, 0) is 30.7 Å². The minimum atomic E-state index is -0.277. The SMILES string of the molecule is CCCCC(CO)C(=O)c1ccc(Cl)cc1. The van der Waals surface area contributed by atoms with Gasteiger partial charge >= 0.3 is 0 Å². The van der Waals surface area contributed by atoms with Crippen LogP contribution >= 0.6 is 11.6 Å². The van der Waals surface area contributed by atoms with Crippen molar-refractivity contribution >= 4 is 17.4 Å². The number of Topliss-reactive ketones (excluding diaryl/α,β-unsaturated/α-hetero) is 1. The van der Waals surface area contributed by atoms with Crippen molar-refractivity contribution in [3.05, 3.63) is 34.9 Å². The lowest BCUT2D eigenvalue weighted by atomic mass is 9.93. The van der Waals surface area contributed by atoms with E-state index in [1.54, 1.807) is 24.3 Å². The Morgan fingerprint density at radius 3 is 2.50 bits per heavy atom. The summed E-state index contributed by atoms with van der Waals surface area (Å²) in [5.74, 6) is -0.270. The first-order valence-electron chi connectivity index (χ1n) is 5.59. The Morgan fingerprint density at radius 1 is 1.38 bits per heavy atom. The fourth-order valence-corrected chi connectivity index (χ4v) is 1.73. The number of hydrogen-bond donors (Lipinski definition) is 1. The Kier molecular flexibility index (Phi) is 5.50. The summed E-state index contributed by atoms with van der Waals surface area (Å²) in [5, 5.41) is 9.81. The van der Waals surface area contributed by atoms with Crippen LogP contribution in [0.5, 0.6) is 0 Å². The number of carbonyl (C=O) groups is 1. The minimum Gasteiger partial charge on any atom is -0.396 e. The van der Waals surface area contributed by atoms with Crippen molar-refractivity contribution in [3.63, 3.8) is 0 Å². The number of aliphatic hydroxyl groups is 1. The molecule has 1 N–H and O–H groups in total. The fraction of sp³-hybridized carbons (Fsp3) is 0.462. The molecule has 0 spiro atoms. The molecule has 2 nitrogen and oxygen atoms in total. The highest BCUT2D eigenvalue weighted by Crippen LogP contribution is 2.17. The van der Waals surface area contributed by atoms with Crippen LogP contribution in [-0.4, -0.2) is 17.5 Å². The molecule has 0 aromatic heterocycles. The molecule has 0 heterocycles. The van der Waals surface area contributed by atoms with Crippen LogP contribution in [0.15, 0.2) is 24.3 Å². The molecule has 1 aromatic carbocycles. The molecule has 1 rings (SSSR count). The summed E-state index contributed by atoms with van der Waals surface area (Å²) in [7, 11) is 0. The van der Waals surface area contributed by atoms with Gasteiger partial charge in [-0.2, -0.15) is 0 Å². The molecule has 0 saturated carbocycles. The molecule has 0 saturated heterocycles. The van der Waals surface area contributed by atoms with Crippen molar-refractivity contribution in [3.8, 4) is 0 Å². The molecule has 1 atom stereocenters. The van der Waals surface area contributed by atoms with Gasteiger partial charge in [-0.1, -0.05) is 31.4 Å². The number of halogens is 1. The molecule has 1 aromatic rings. The van der Waals surface area contributed by atoms with E-state index in [1.165, 1.54) is 0 Å². The van der Waals surface area contributed by atoms with Gasteiger partial charge in [0.1, 0.15) is 0 Å². The normalized spacial score (nSPS) is 12.4. The first-order valence-corrected chi connectivity index (χ1v) is 5.97. The standard InChI is InChI=1S/C13H17ClO2/c1-2-3-4-11(9-15)13(16)10-5-7-12(14)8-6-10/h5-8,11,15H,2-4,9H2,1H3. The van der Waals surface area contributed by atoms with E-state index >= 15 is 0 Å². The Balaban J connectivity index is 2.70. The second-order valence-corrected chi connectivity index (χ2v) is 4.33. The quantitative estimate of drug-likeness (QED) is 0.775. The molecule has 88 valence electrons. The molecule has 0 aliphatic heterocycles. The van der Waals surface area contributed by atoms with Crippen molar-refractivity contribution < 1.29 is 9.90 Å². The molecule has 16 heavy (non-hydrogen) atoms. The fourth-order valence-electron chi connectivity index (χ4n) is 1.61. The average Bonchev–Trinajstić information content (AvgIpc) is 2.30. The van der Waals surface area contributed by atoms with Crippen LogP contribution in [0.2, 0.25) is 5.02 Å². The Morgan fingerprint density at radius 2 is 2.00 bits per heavy atom. The third kappa shape index (κ3) is 3.62. The third-order valence-electron chi connectivity index (χ3n) is 2.63. The number of rotatable bonds is 6. The summed E-state index contributed by atoms with van der Waals surface area (Å²) in [6.45, 7) is 1.99. The number of aliphatic hydroxyl groups excluding tert-OH is 1. The maximum Gasteiger partial charge on any atom is 0.168 e. The molecular formula is C13H17ClO2. The zero-order chi connectivity index (χ0) is 12.0. The lowest BCUT2D eigenvalue weighted by Crippen LogP contribution is -2.18. The smallest absolute Gasteiger partial charge is 0.168 e. The van der Waals surface area contributed by atoms with Gasteiger partial charge in [-0.15, -0.1) is 0 Å². The maximum absolute atomic E-state index is 12.0. The topological polar surface area (TPSA) is 37.3 Å². The van der Waals surface area contributed by atoms with Crippen LogP contribution in [0.1, 0.15) is 36.5 Å². The van der Waals surface area contributed by atoms with Crippen molar-refractivity contribution in [2.45, 2.75) is 26.2 Å².